The van der Waals surface area contributed by atoms with Crippen molar-refractivity contribution < 1.29 is 19.1 Å². The number of carbonyl (C=O) groups is 2. The zero-order valence-corrected chi connectivity index (χ0v) is 13.8. The molecule has 0 saturated carbocycles. The molecule has 5 nitrogen and oxygen atoms in total. The molecule has 0 radical (unpaired) electrons. The number of hydrogen-bond acceptors (Lipinski definition) is 5. The predicted molar refractivity (Wildman–Crippen MR) is 90.8 cm³/mol. The molecule has 0 unspecified atom stereocenters. The molecule has 1 fully saturated rings. The van der Waals surface area contributed by atoms with Crippen molar-refractivity contribution in [2.24, 2.45) is 0 Å². The predicted octanol–water partition coefficient (Wildman–Crippen LogP) is 3.44. The first-order valence-electron chi connectivity index (χ1n) is 7.67. The fourth-order valence-electron chi connectivity index (χ4n) is 2.49. The van der Waals surface area contributed by atoms with Crippen molar-refractivity contribution >= 4 is 18.0 Å². The number of ether oxygens (including phenoxy) is 2. The molecule has 25 heavy (non-hydrogen) atoms. The average Bonchev–Trinajstić information content (AvgIpc) is 2.58. The van der Waals surface area contributed by atoms with E-state index in [9.17, 15) is 9.59 Å². The molecule has 0 spiro atoms. The number of rotatable bonds is 2. The standard InChI is InChI=1S/C20H15NO4/c1-20(2)24-18(22)17(19(23)25-20)11-13-6-8-15(9-7-13)16-5-3-4-14(10-16)12-21/h3-11H,1-2H3. The highest BCUT2D eigenvalue weighted by Gasteiger charge is 2.38. The smallest absolute Gasteiger partial charge is 0.348 e. The van der Waals surface area contributed by atoms with Gasteiger partial charge in [0.05, 0.1) is 11.6 Å². The molecule has 1 heterocycles. The Kier molecular flexibility index (Phi) is 4.12. The van der Waals surface area contributed by atoms with E-state index in [0.717, 1.165) is 11.1 Å². The number of benzene rings is 2. The lowest BCUT2D eigenvalue weighted by molar-refractivity contribution is -0.222. The molecule has 0 atom stereocenters. The molecule has 5 heteroatoms. The van der Waals surface area contributed by atoms with E-state index in [2.05, 4.69) is 6.07 Å². The van der Waals surface area contributed by atoms with Gasteiger partial charge in [0.2, 0.25) is 0 Å². The van der Waals surface area contributed by atoms with Gasteiger partial charge in [-0.3, -0.25) is 0 Å². The lowest BCUT2D eigenvalue weighted by Gasteiger charge is -2.29. The highest BCUT2D eigenvalue weighted by molar-refractivity contribution is 6.18. The average molecular weight is 333 g/mol. The minimum Gasteiger partial charge on any atom is -0.419 e. The van der Waals surface area contributed by atoms with Crippen LogP contribution in [0.2, 0.25) is 0 Å². The van der Waals surface area contributed by atoms with Crippen molar-refractivity contribution in [2.45, 2.75) is 19.6 Å². The van der Waals surface area contributed by atoms with Crippen LogP contribution >= 0.6 is 0 Å². The molecule has 0 amide bonds. The molecular weight excluding hydrogens is 318 g/mol. The van der Waals surface area contributed by atoms with Gasteiger partial charge in [-0.05, 0) is 34.9 Å². The zero-order valence-electron chi connectivity index (χ0n) is 13.8. The summed E-state index contributed by atoms with van der Waals surface area (Å²) in [5.41, 5.74) is 2.95. The Morgan fingerprint density at radius 2 is 1.60 bits per heavy atom. The molecular formula is C20H15NO4. The maximum absolute atomic E-state index is 12.0. The van der Waals surface area contributed by atoms with Gasteiger partial charge in [-0.1, -0.05) is 36.4 Å². The largest absolute Gasteiger partial charge is 0.419 e. The molecule has 3 rings (SSSR count). The number of nitriles is 1. The lowest BCUT2D eigenvalue weighted by atomic mass is 10.0. The van der Waals surface area contributed by atoms with Crippen LogP contribution in [0.4, 0.5) is 0 Å². The second-order valence-corrected chi connectivity index (χ2v) is 6.05. The third kappa shape index (κ3) is 3.59. The second kappa shape index (κ2) is 6.25. The topological polar surface area (TPSA) is 76.4 Å². The Labute approximate surface area is 145 Å². The summed E-state index contributed by atoms with van der Waals surface area (Å²) in [4.78, 5) is 23.9. The summed E-state index contributed by atoms with van der Waals surface area (Å²) in [6, 6.07) is 16.6. The van der Waals surface area contributed by atoms with Crippen molar-refractivity contribution in [1.29, 1.82) is 5.26 Å². The van der Waals surface area contributed by atoms with E-state index in [-0.39, 0.29) is 5.57 Å². The Morgan fingerprint density at radius 1 is 0.960 bits per heavy atom. The molecule has 0 N–H and O–H groups in total. The van der Waals surface area contributed by atoms with Gasteiger partial charge >= 0.3 is 11.9 Å². The SMILES string of the molecule is CC1(C)OC(=O)C(=Cc2ccc(-c3cccc(C#N)c3)cc2)C(=O)O1. The molecule has 1 aliphatic heterocycles. The minimum absolute atomic E-state index is 0.140. The molecule has 0 bridgehead atoms. The monoisotopic (exact) mass is 333 g/mol. The lowest BCUT2D eigenvalue weighted by Crippen LogP contribution is -2.41. The normalized spacial score (nSPS) is 15.8. The van der Waals surface area contributed by atoms with Crippen molar-refractivity contribution in [2.75, 3.05) is 0 Å². The maximum atomic E-state index is 12.0. The second-order valence-electron chi connectivity index (χ2n) is 6.05. The van der Waals surface area contributed by atoms with Crippen LogP contribution in [0.1, 0.15) is 25.0 Å². The van der Waals surface area contributed by atoms with E-state index in [1.807, 2.05) is 24.3 Å². The van der Waals surface area contributed by atoms with E-state index in [0.29, 0.717) is 11.1 Å². The number of nitrogens with zero attached hydrogens (tertiary/aromatic N) is 1. The summed E-state index contributed by atoms with van der Waals surface area (Å²) in [6.45, 7) is 3.01. The number of cyclic esters (lactones) is 2. The molecule has 124 valence electrons. The quantitative estimate of drug-likeness (QED) is 0.478. The zero-order chi connectivity index (χ0) is 18.0. The highest BCUT2D eigenvalue weighted by Crippen LogP contribution is 2.25. The van der Waals surface area contributed by atoms with Gasteiger partial charge in [0, 0.05) is 13.8 Å². The van der Waals surface area contributed by atoms with Gasteiger partial charge in [-0.15, -0.1) is 0 Å². The van der Waals surface area contributed by atoms with Gasteiger partial charge in [-0.25, -0.2) is 9.59 Å². The molecule has 0 aliphatic carbocycles. The van der Waals surface area contributed by atoms with E-state index in [4.69, 9.17) is 14.7 Å². The molecule has 0 aromatic heterocycles. The maximum Gasteiger partial charge on any atom is 0.348 e. The first kappa shape index (κ1) is 16.5. The van der Waals surface area contributed by atoms with Crippen LogP contribution in [0.15, 0.2) is 54.1 Å². The molecule has 1 aliphatic rings. The molecule has 1 saturated heterocycles. The minimum atomic E-state index is -1.25. The van der Waals surface area contributed by atoms with Gasteiger partial charge in [0.15, 0.2) is 0 Å². The van der Waals surface area contributed by atoms with E-state index in [1.165, 1.54) is 19.9 Å². The van der Waals surface area contributed by atoms with Crippen molar-refractivity contribution in [3.8, 4) is 17.2 Å². The van der Waals surface area contributed by atoms with Crippen LogP contribution in [0.25, 0.3) is 17.2 Å². The number of carbonyl (C=O) groups excluding carboxylic acids is 2. The van der Waals surface area contributed by atoms with Crippen LogP contribution in [-0.4, -0.2) is 17.7 Å². The van der Waals surface area contributed by atoms with Gasteiger partial charge in [0.1, 0.15) is 5.57 Å². The summed E-state index contributed by atoms with van der Waals surface area (Å²) in [5.74, 6) is -2.65. The summed E-state index contributed by atoms with van der Waals surface area (Å²) in [5, 5.41) is 8.98. The molecule has 2 aromatic rings. The van der Waals surface area contributed by atoms with Crippen LogP contribution in [0.3, 0.4) is 0 Å². The fraction of sp³-hybridized carbons (Fsp3) is 0.150. The third-order valence-electron chi connectivity index (χ3n) is 3.66. The van der Waals surface area contributed by atoms with Crippen LogP contribution in [-0.2, 0) is 19.1 Å². The third-order valence-corrected chi connectivity index (χ3v) is 3.66. The number of esters is 2. The highest BCUT2D eigenvalue weighted by atomic mass is 16.7. The van der Waals surface area contributed by atoms with E-state index in [1.54, 1.807) is 24.3 Å². The summed E-state index contributed by atoms with van der Waals surface area (Å²) in [6.07, 6.45) is 1.44. The van der Waals surface area contributed by atoms with E-state index >= 15 is 0 Å². The summed E-state index contributed by atoms with van der Waals surface area (Å²) in [7, 11) is 0. The van der Waals surface area contributed by atoms with Crippen molar-refractivity contribution in [3.63, 3.8) is 0 Å². The molecule has 2 aromatic carbocycles. The summed E-state index contributed by atoms with van der Waals surface area (Å²) < 4.78 is 10.1. The Morgan fingerprint density at radius 3 is 2.20 bits per heavy atom. The first-order chi connectivity index (χ1) is 11.9. The van der Waals surface area contributed by atoms with Crippen molar-refractivity contribution in [3.05, 3.63) is 65.2 Å². The van der Waals surface area contributed by atoms with E-state index < -0.39 is 17.7 Å². The summed E-state index contributed by atoms with van der Waals surface area (Å²) >= 11 is 0. The fourth-order valence-corrected chi connectivity index (χ4v) is 2.49. The number of hydrogen-bond donors (Lipinski definition) is 0. The Hall–Kier alpha value is -3.39. The Bertz CT molecular complexity index is 895. The van der Waals surface area contributed by atoms with Crippen LogP contribution in [0.5, 0.6) is 0 Å². The van der Waals surface area contributed by atoms with Gasteiger partial charge in [0.25, 0.3) is 5.79 Å². The Balaban J connectivity index is 1.87. The van der Waals surface area contributed by atoms with Crippen LogP contribution < -0.4 is 0 Å². The first-order valence-corrected chi connectivity index (χ1v) is 7.67. The van der Waals surface area contributed by atoms with Gasteiger partial charge in [-0.2, -0.15) is 5.26 Å². The van der Waals surface area contributed by atoms with Crippen LogP contribution in [0, 0.1) is 11.3 Å². The van der Waals surface area contributed by atoms with Gasteiger partial charge < -0.3 is 9.47 Å². The van der Waals surface area contributed by atoms with Crippen molar-refractivity contribution in [1.82, 2.24) is 0 Å².